The highest BCUT2D eigenvalue weighted by atomic mass is 28.3. The third kappa shape index (κ3) is 3.98. The first-order valence-electron chi connectivity index (χ1n) is 12.0. The molecule has 2 aromatic carbocycles. The van der Waals surface area contributed by atoms with Crippen LogP contribution in [0.15, 0.2) is 65.4 Å². The van der Waals surface area contributed by atoms with E-state index in [2.05, 4.69) is 112 Å². The van der Waals surface area contributed by atoms with Crippen LogP contribution in [-0.2, 0) is 0 Å². The molecule has 2 aromatic rings. The van der Waals surface area contributed by atoms with Gasteiger partial charge >= 0.3 is 0 Å². The number of rotatable bonds is 4. The van der Waals surface area contributed by atoms with E-state index in [1.54, 1.807) is 0 Å². The smallest absolute Gasteiger partial charge is 0.251 e. The molecule has 0 saturated heterocycles. The first-order chi connectivity index (χ1) is 16.1. The molecule has 0 fully saturated rings. The van der Waals surface area contributed by atoms with Crippen molar-refractivity contribution >= 4 is 36.1 Å². The SMILES string of the molecule is CCNC(=O)c1ccc(C)c(C2=C3C=CC(=[N+](C)C)C=C3[Si](C)(C)c3cc(N(C)C)ccc32)c1. The van der Waals surface area contributed by atoms with Crippen LogP contribution in [0.5, 0.6) is 0 Å². The number of benzene rings is 2. The fourth-order valence-corrected chi connectivity index (χ4v) is 8.04. The van der Waals surface area contributed by atoms with Crippen LogP contribution >= 0.6 is 0 Å². The summed E-state index contributed by atoms with van der Waals surface area (Å²) in [6.07, 6.45) is 6.89. The largest absolute Gasteiger partial charge is 0.378 e. The molecular formula is C29H36N3OSi+. The molecule has 1 amide bonds. The van der Waals surface area contributed by atoms with Crippen molar-refractivity contribution in [2.45, 2.75) is 26.9 Å². The van der Waals surface area contributed by atoms with Crippen LogP contribution in [0.25, 0.3) is 5.57 Å². The van der Waals surface area contributed by atoms with Gasteiger partial charge in [-0.05, 0) is 82.4 Å². The molecule has 34 heavy (non-hydrogen) atoms. The summed E-state index contributed by atoms with van der Waals surface area (Å²) in [5.41, 5.74) is 9.27. The highest BCUT2D eigenvalue weighted by Gasteiger charge is 2.40. The molecule has 0 aromatic heterocycles. The van der Waals surface area contributed by atoms with Gasteiger partial charge in [0.25, 0.3) is 5.91 Å². The van der Waals surface area contributed by atoms with Gasteiger partial charge in [-0.25, -0.2) is 4.58 Å². The van der Waals surface area contributed by atoms with E-state index in [1.807, 2.05) is 13.0 Å². The quantitative estimate of drug-likeness (QED) is 0.534. The minimum atomic E-state index is -1.98. The molecule has 0 atom stereocenters. The van der Waals surface area contributed by atoms with E-state index < -0.39 is 8.07 Å². The lowest BCUT2D eigenvalue weighted by atomic mass is 9.86. The summed E-state index contributed by atoms with van der Waals surface area (Å²) >= 11 is 0. The molecule has 5 heteroatoms. The first kappa shape index (κ1) is 24.0. The minimum absolute atomic E-state index is 0.0266. The van der Waals surface area contributed by atoms with Crippen molar-refractivity contribution in [2.24, 2.45) is 0 Å². The van der Waals surface area contributed by atoms with Crippen LogP contribution in [0.3, 0.4) is 0 Å². The molecule has 4 rings (SSSR count). The Balaban J connectivity index is 2.07. The molecule has 0 radical (unpaired) electrons. The zero-order chi connectivity index (χ0) is 24.8. The maximum absolute atomic E-state index is 12.7. The number of nitrogens with one attached hydrogen (secondary N) is 1. The Bertz CT molecular complexity index is 1300. The maximum Gasteiger partial charge on any atom is 0.251 e. The van der Waals surface area contributed by atoms with Gasteiger partial charge in [0.05, 0.1) is 0 Å². The number of fused-ring (bicyclic) bond motifs is 2. The predicted molar refractivity (Wildman–Crippen MR) is 147 cm³/mol. The van der Waals surface area contributed by atoms with E-state index in [0.717, 1.165) is 5.56 Å². The summed E-state index contributed by atoms with van der Waals surface area (Å²) in [5.74, 6) is -0.0266. The molecule has 0 unspecified atom stereocenters. The fraction of sp³-hybridized carbons (Fsp3) is 0.310. The molecule has 176 valence electrons. The molecular weight excluding hydrogens is 434 g/mol. The van der Waals surface area contributed by atoms with Crippen molar-refractivity contribution in [3.8, 4) is 0 Å². The molecule has 0 saturated carbocycles. The Morgan fingerprint density at radius 1 is 1.03 bits per heavy atom. The number of amides is 1. The number of hydrogen-bond donors (Lipinski definition) is 1. The van der Waals surface area contributed by atoms with E-state index >= 15 is 0 Å². The molecule has 1 aliphatic carbocycles. The molecule has 1 heterocycles. The first-order valence-corrected chi connectivity index (χ1v) is 15.0. The summed E-state index contributed by atoms with van der Waals surface area (Å²) < 4.78 is 2.18. The highest BCUT2D eigenvalue weighted by Crippen LogP contribution is 2.42. The lowest BCUT2D eigenvalue weighted by Crippen LogP contribution is -2.49. The second-order valence-electron chi connectivity index (χ2n) is 10.1. The van der Waals surface area contributed by atoms with Gasteiger partial charge in [0.2, 0.25) is 0 Å². The number of nitrogens with zero attached hydrogens (tertiary/aromatic N) is 2. The third-order valence-corrected chi connectivity index (χ3v) is 10.6. The van der Waals surface area contributed by atoms with E-state index in [4.69, 9.17) is 0 Å². The van der Waals surface area contributed by atoms with Crippen molar-refractivity contribution in [1.82, 2.24) is 5.32 Å². The Morgan fingerprint density at radius 3 is 2.41 bits per heavy atom. The molecule has 2 aliphatic rings. The van der Waals surface area contributed by atoms with E-state index in [9.17, 15) is 4.79 Å². The lowest BCUT2D eigenvalue weighted by Gasteiger charge is -2.38. The monoisotopic (exact) mass is 470 g/mol. The molecule has 4 nitrogen and oxygen atoms in total. The number of aryl methyl sites for hydroxylation is 1. The topological polar surface area (TPSA) is 35.4 Å². The van der Waals surface area contributed by atoms with Crippen molar-refractivity contribution in [3.63, 3.8) is 0 Å². The molecule has 0 bridgehead atoms. The van der Waals surface area contributed by atoms with Crippen LogP contribution < -0.4 is 15.4 Å². The second kappa shape index (κ2) is 8.88. The van der Waals surface area contributed by atoms with Crippen LogP contribution in [0.4, 0.5) is 5.69 Å². The average molecular weight is 471 g/mol. The van der Waals surface area contributed by atoms with Crippen LogP contribution in [0.1, 0.15) is 34.0 Å². The lowest BCUT2D eigenvalue weighted by molar-refractivity contribution is -0.462. The Hall–Kier alpha value is -3.18. The number of carbonyl (C=O) groups excluding carboxylic acids is 1. The number of hydrogen-bond acceptors (Lipinski definition) is 2. The van der Waals surface area contributed by atoms with Gasteiger partial charge in [0.1, 0.15) is 22.2 Å². The second-order valence-corrected chi connectivity index (χ2v) is 14.5. The standard InChI is InChI=1S/C29H35N3OSi/c1-9-30-29(33)20-11-10-19(2)25(16-20)28-23-14-12-21(31(3)4)17-26(23)34(7,8)27-18-22(32(5)6)13-15-24(27)28/h10-18H,9H2,1-8H3/p+1. The molecule has 0 spiro atoms. The molecule has 1 N–H and O–H groups in total. The zero-order valence-electron chi connectivity index (χ0n) is 21.7. The predicted octanol–water partition coefficient (Wildman–Crippen LogP) is 4.29. The minimum Gasteiger partial charge on any atom is -0.378 e. The number of carbonyl (C=O) groups is 1. The Morgan fingerprint density at radius 2 is 1.76 bits per heavy atom. The van der Waals surface area contributed by atoms with Gasteiger partial charge in [-0.3, -0.25) is 4.79 Å². The van der Waals surface area contributed by atoms with Crippen molar-refractivity contribution < 1.29 is 9.37 Å². The van der Waals surface area contributed by atoms with E-state index in [1.165, 1.54) is 44.1 Å². The van der Waals surface area contributed by atoms with Crippen LogP contribution in [0, 0.1) is 6.92 Å². The fourth-order valence-electron chi connectivity index (χ4n) is 4.97. The number of anilines is 1. The highest BCUT2D eigenvalue weighted by molar-refractivity contribution is 6.98. The molecule has 1 aliphatic heterocycles. The van der Waals surface area contributed by atoms with Crippen LogP contribution in [0.2, 0.25) is 13.1 Å². The van der Waals surface area contributed by atoms with Crippen molar-refractivity contribution in [3.05, 3.63) is 87.6 Å². The summed E-state index contributed by atoms with van der Waals surface area (Å²) in [7, 11) is 6.42. The number of allylic oxidation sites excluding steroid dienone is 5. The van der Waals surface area contributed by atoms with E-state index in [-0.39, 0.29) is 5.91 Å². The normalized spacial score (nSPS) is 16.0. The average Bonchev–Trinajstić information content (AvgIpc) is 2.80. The zero-order valence-corrected chi connectivity index (χ0v) is 22.7. The van der Waals surface area contributed by atoms with Gasteiger partial charge < -0.3 is 10.2 Å². The Labute approximate surface area is 205 Å². The van der Waals surface area contributed by atoms with Gasteiger partial charge in [-0.1, -0.05) is 25.2 Å². The van der Waals surface area contributed by atoms with Crippen molar-refractivity contribution in [2.75, 3.05) is 39.6 Å². The van der Waals surface area contributed by atoms with Gasteiger partial charge in [0, 0.05) is 44.0 Å². The summed E-state index contributed by atoms with van der Waals surface area (Å²) in [4.78, 5) is 14.9. The summed E-state index contributed by atoms with van der Waals surface area (Å²) in [6.45, 7) is 9.62. The van der Waals surface area contributed by atoms with Gasteiger partial charge in [-0.15, -0.1) is 0 Å². The van der Waals surface area contributed by atoms with Gasteiger partial charge in [-0.2, -0.15) is 0 Å². The van der Waals surface area contributed by atoms with Crippen LogP contribution in [-0.4, -0.2) is 59.0 Å². The third-order valence-electron chi connectivity index (χ3n) is 7.03. The van der Waals surface area contributed by atoms with E-state index in [0.29, 0.717) is 12.1 Å². The van der Waals surface area contributed by atoms with Gasteiger partial charge in [0.15, 0.2) is 5.71 Å². The Kier molecular flexibility index (Phi) is 6.25. The summed E-state index contributed by atoms with van der Waals surface area (Å²) in [6, 6.07) is 13.0. The summed E-state index contributed by atoms with van der Waals surface area (Å²) in [5, 5.41) is 5.84. The maximum atomic E-state index is 12.7. The van der Waals surface area contributed by atoms with Crippen molar-refractivity contribution in [1.29, 1.82) is 0 Å².